The molecule has 0 heterocycles. The fraction of sp³-hybridized carbons (Fsp3) is 0.900. The smallest absolute Gasteiger partial charge is 0.198 e. The highest BCUT2D eigenvalue weighted by Gasteiger charge is 2.51. The molecule has 0 aromatic heterocycles. The maximum atomic E-state index is 9.63. The Morgan fingerprint density at radius 3 is 3.00 bits per heavy atom. The highest BCUT2D eigenvalue weighted by molar-refractivity contribution is 5.04. The zero-order chi connectivity index (χ0) is 7.90. The summed E-state index contributed by atoms with van der Waals surface area (Å²) in [5.41, 5.74) is 0.456. The Hall–Kier alpha value is -0.170. The Kier molecular flexibility index (Phi) is 1.64. The summed E-state index contributed by atoms with van der Waals surface area (Å²) in [5, 5.41) is 9.63. The van der Waals surface area contributed by atoms with Crippen LogP contribution < -0.4 is 0 Å². The third kappa shape index (κ3) is 1.06. The minimum absolute atomic E-state index is 0.0969. The van der Waals surface area contributed by atoms with Gasteiger partial charge in [-0.15, -0.1) is 0 Å². The Balaban J connectivity index is 2.14. The van der Waals surface area contributed by atoms with Gasteiger partial charge in [0.2, 0.25) is 0 Å². The molecule has 2 rings (SSSR count). The van der Waals surface area contributed by atoms with Crippen molar-refractivity contribution in [3.8, 4) is 0 Å². The molecule has 1 nitrogen and oxygen atoms in total. The fourth-order valence-electron chi connectivity index (χ4n) is 2.82. The first-order chi connectivity index (χ1) is 5.22. The van der Waals surface area contributed by atoms with Gasteiger partial charge >= 0.3 is 0 Å². The average Bonchev–Trinajstić information content (AvgIpc) is 2.29. The average molecular weight is 153 g/mol. The van der Waals surface area contributed by atoms with E-state index in [4.69, 9.17) is 0 Å². The number of aliphatic hydroxyl groups is 1. The van der Waals surface area contributed by atoms with E-state index in [9.17, 15) is 5.11 Å². The van der Waals surface area contributed by atoms with Crippen LogP contribution in [0.25, 0.3) is 0 Å². The Morgan fingerprint density at radius 2 is 2.27 bits per heavy atom. The van der Waals surface area contributed by atoms with Crippen LogP contribution in [0.15, 0.2) is 0 Å². The fourth-order valence-corrected chi connectivity index (χ4v) is 2.82. The van der Waals surface area contributed by atoms with Crippen LogP contribution in [0.1, 0.15) is 39.0 Å². The molecule has 2 fully saturated rings. The Labute approximate surface area is 68.8 Å². The first kappa shape index (κ1) is 7.48. The number of hydrogen-bond acceptors (Lipinski definition) is 1. The molecule has 0 saturated heterocycles. The van der Waals surface area contributed by atoms with Crippen molar-refractivity contribution in [3.05, 3.63) is 6.42 Å². The van der Waals surface area contributed by atoms with E-state index >= 15 is 0 Å². The van der Waals surface area contributed by atoms with E-state index in [1.54, 1.807) is 0 Å². The number of fused-ring (bicyclic) bond motifs is 1. The van der Waals surface area contributed by atoms with E-state index in [1.165, 1.54) is 25.7 Å². The molecule has 62 valence electrons. The van der Waals surface area contributed by atoms with Crippen molar-refractivity contribution < 1.29 is 5.11 Å². The van der Waals surface area contributed by atoms with Crippen LogP contribution in [-0.2, 0) is 0 Å². The second-order valence-corrected chi connectivity index (χ2v) is 4.44. The Morgan fingerprint density at radius 1 is 1.45 bits per heavy atom. The lowest BCUT2D eigenvalue weighted by Gasteiger charge is -2.33. The molecule has 0 amide bonds. The van der Waals surface area contributed by atoms with Crippen LogP contribution in [0.5, 0.6) is 0 Å². The van der Waals surface area contributed by atoms with Gasteiger partial charge in [-0.3, -0.25) is 0 Å². The van der Waals surface area contributed by atoms with Crippen LogP contribution in [0.4, 0.5) is 0 Å². The molecule has 2 saturated carbocycles. The predicted octanol–water partition coefficient (Wildman–Crippen LogP) is 2.15. The van der Waals surface area contributed by atoms with Crippen molar-refractivity contribution in [1.82, 2.24) is 0 Å². The summed E-state index contributed by atoms with van der Waals surface area (Å²) in [6.45, 7) is 2.34. The summed E-state index contributed by atoms with van der Waals surface area (Å²) in [5.74, 6) is 0.580. The van der Waals surface area contributed by atoms with Crippen molar-refractivity contribution in [2.75, 3.05) is 0 Å². The minimum Gasteiger partial charge on any atom is -0.353 e. The zero-order valence-corrected chi connectivity index (χ0v) is 7.21. The maximum absolute atomic E-state index is 9.63. The second-order valence-electron chi connectivity index (χ2n) is 4.44. The lowest BCUT2D eigenvalue weighted by molar-refractivity contribution is 0.0605. The molecule has 1 heteroatoms. The van der Waals surface area contributed by atoms with Gasteiger partial charge in [-0.1, -0.05) is 19.8 Å². The predicted molar refractivity (Wildman–Crippen MR) is 45.0 cm³/mol. The largest absolute Gasteiger partial charge is 0.353 e. The van der Waals surface area contributed by atoms with Gasteiger partial charge < -0.3 is 5.11 Å². The van der Waals surface area contributed by atoms with E-state index in [0.717, 1.165) is 6.42 Å². The molecule has 0 spiro atoms. The van der Waals surface area contributed by atoms with Gasteiger partial charge in [0.15, 0.2) is 6.10 Å². The molecule has 0 aromatic rings. The van der Waals surface area contributed by atoms with E-state index < -0.39 is 0 Å². The van der Waals surface area contributed by atoms with Gasteiger partial charge in [0.25, 0.3) is 0 Å². The van der Waals surface area contributed by atoms with Gasteiger partial charge in [-0.25, -0.2) is 0 Å². The molecule has 0 aromatic carbocycles. The molecular formula is C10H17O+. The number of hydrogen-bond donors (Lipinski definition) is 1. The standard InChI is InChI=1S/C10H17O/c1-10-6-3-2-4-8(10)9(11)5-7-10/h5,8-9,11H,2-4,6-7H2,1H3/q+1/t8-,9?,10+/m1/s1. The van der Waals surface area contributed by atoms with Gasteiger partial charge in [-0.2, -0.15) is 0 Å². The molecule has 0 aliphatic heterocycles. The van der Waals surface area contributed by atoms with Crippen LogP contribution in [0, 0.1) is 17.8 Å². The third-order valence-corrected chi connectivity index (χ3v) is 3.65. The van der Waals surface area contributed by atoms with Gasteiger partial charge in [0, 0.05) is 11.3 Å². The van der Waals surface area contributed by atoms with Crippen molar-refractivity contribution in [2.45, 2.75) is 45.1 Å². The monoisotopic (exact) mass is 153 g/mol. The lowest BCUT2D eigenvalue weighted by Crippen LogP contribution is -2.30. The summed E-state index contributed by atoms with van der Waals surface area (Å²) >= 11 is 0. The van der Waals surface area contributed by atoms with Crippen molar-refractivity contribution in [3.63, 3.8) is 0 Å². The molecule has 3 atom stereocenters. The normalized spacial score (nSPS) is 50.0. The summed E-state index contributed by atoms with van der Waals surface area (Å²) in [6, 6.07) is 0. The highest BCUT2D eigenvalue weighted by Crippen LogP contribution is 2.51. The molecule has 2 aliphatic rings. The molecule has 1 unspecified atom stereocenters. The summed E-state index contributed by atoms with van der Waals surface area (Å²) < 4.78 is 0. The minimum atomic E-state index is -0.0969. The number of aliphatic hydroxyl groups excluding tert-OH is 1. The third-order valence-electron chi connectivity index (χ3n) is 3.65. The SMILES string of the molecule is C[C@]12C[CH+]C(O)[C@H]1CCCC2. The van der Waals surface area contributed by atoms with Gasteiger partial charge in [0.1, 0.15) is 6.42 Å². The van der Waals surface area contributed by atoms with E-state index in [1.807, 2.05) is 0 Å². The second kappa shape index (κ2) is 2.41. The first-order valence-electron chi connectivity index (χ1n) is 4.74. The van der Waals surface area contributed by atoms with Gasteiger partial charge in [-0.05, 0) is 12.8 Å². The van der Waals surface area contributed by atoms with Crippen LogP contribution >= 0.6 is 0 Å². The first-order valence-corrected chi connectivity index (χ1v) is 4.74. The molecule has 0 radical (unpaired) electrons. The van der Waals surface area contributed by atoms with E-state index in [2.05, 4.69) is 13.3 Å². The molecule has 1 N–H and O–H groups in total. The van der Waals surface area contributed by atoms with Gasteiger partial charge in [0.05, 0.1) is 6.42 Å². The topological polar surface area (TPSA) is 20.2 Å². The summed E-state index contributed by atoms with van der Waals surface area (Å²) in [6.07, 6.45) is 8.41. The number of rotatable bonds is 0. The molecule has 11 heavy (non-hydrogen) atoms. The molecular weight excluding hydrogens is 136 g/mol. The van der Waals surface area contributed by atoms with Crippen LogP contribution in [-0.4, -0.2) is 11.2 Å². The van der Waals surface area contributed by atoms with Crippen LogP contribution in [0.3, 0.4) is 0 Å². The van der Waals surface area contributed by atoms with E-state index in [-0.39, 0.29) is 6.10 Å². The highest BCUT2D eigenvalue weighted by atomic mass is 16.3. The lowest BCUT2D eigenvalue weighted by atomic mass is 9.69. The van der Waals surface area contributed by atoms with Crippen molar-refractivity contribution >= 4 is 0 Å². The molecule has 0 bridgehead atoms. The zero-order valence-electron chi connectivity index (χ0n) is 7.21. The van der Waals surface area contributed by atoms with Crippen molar-refractivity contribution in [2.24, 2.45) is 11.3 Å². The van der Waals surface area contributed by atoms with Crippen LogP contribution in [0.2, 0.25) is 0 Å². The molecule has 2 aliphatic carbocycles. The Bertz CT molecular complexity index is 151. The van der Waals surface area contributed by atoms with Crippen molar-refractivity contribution in [1.29, 1.82) is 0 Å². The quantitative estimate of drug-likeness (QED) is 0.529. The maximum Gasteiger partial charge on any atom is 0.198 e. The summed E-state index contributed by atoms with van der Waals surface area (Å²) in [7, 11) is 0. The summed E-state index contributed by atoms with van der Waals surface area (Å²) in [4.78, 5) is 0. The van der Waals surface area contributed by atoms with E-state index in [0.29, 0.717) is 11.3 Å².